The van der Waals surface area contributed by atoms with Gasteiger partial charge in [-0.25, -0.2) is 0 Å². The van der Waals surface area contributed by atoms with Crippen molar-refractivity contribution in [2.45, 2.75) is 13.0 Å². The van der Waals surface area contributed by atoms with E-state index in [1.54, 1.807) is 18.3 Å². The van der Waals surface area contributed by atoms with E-state index in [4.69, 9.17) is 11.6 Å². The zero-order valence-corrected chi connectivity index (χ0v) is 8.06. The molecule has 1 aromatic rings. The van der Waals surface area contributed by atoms with Crippen molar-refractivity contribution in [1.82, 2.24) is 10.3 Å². The highest BCUT2D eigenvalue weighted by molar-refractivity contribution is 6.30. The van der Waals surface area contributed by atoms with Gasteiger partial charge >= 0.3 is 0 Å². The molecule has 0 aliphatic heterocycles. The minimum atomic E-state index is -0.181. The lowest BCUT2D eigenvalue weighted by Gasteiger charge is -2.06. The Morgan fingerprint density at radius 2 is 2.54 bits per heavy atom. The largest absolute Gasteiger partial charge is 0.356 e. The summed E-state index contributed by atoms with van der Waals surface area (Å²) >= 11 is 5.64. The Kier molecular flexibility index (Phi) is 3.14. The molecule has 1 atom stereocenters. The fraction of sp³-hybridized carbons (Fsp3) is 0.222. The van der Waals surface area contributed by atoms with Crippen molar-refractivity contribution in [1.29, 1.82) is 0 Å². The molecule has 13 heavy (non-hydrogen) atoms. The molecule has 0 saturated heterocycles. The minimum Gasteiger partial charge on any atom is -0.356 e. The topological polar surface area (TPSA) is 44.9 Å². The monoisotopic (exact) mass is 198 g/mol. The molecule has 3 nitrogen and oxygen atoms in total. The summed E-state index contributed by atoms with van der Waals surface area (Å²) in [5, 5.41) is 3.24. The maximum absolute atomic E-state index is 11.4. The molecule has 1 aromatic heterocycles. The Balaban J connectivity index is 2.63. The minimum absolute atomic E-state index is 0.0467. The fourth-order valence-corrected chi connectivity index (χ4v) is 1.01. The van der Waals surface area contributed by atoms with Gasteiger partial charge in [0.05, 0.1) is 5.02 Å². The molecule has 0 aliphatic rings. The average Bonchev–Trinajstić information content (AvgIpc) is 2.51. The first-order valence-electron chi connectivity index (χ1n) is 3.91. The standard InChI is InChI=1S/C9H11ClN2O/c1-3-6(2)12-9(13)8-4-7(10)5-11-8/h3-6,11H,1H2,2H3,(H,12,13). The first-order chi connectivity index (χ1) is 6.13. The zero-order valence-electron chi connectivity index (χ0n) is 7.30. The van der Waals surface area contributed by atoms with Crippen LogP contribution in [0.2, 0.25) is 5.02 Å². The van der Waals surface area contributed by atoms with Crippen molar-refractivity contribution in [2.75, 3.05) is 0 Å². The van der Waals surface area contributed by atoms with Crippen LogP contribution < -0.4 is 5.32 Å². The number of aromatic nitrogens is 1. The van der Waals surface area contributed by atoms with Gasteiger partial charge < -0.3 is 10.3 Å². The Labute approximate surface area is 81.8 Å². The number of amides is 1. The summed E-state index contributed by atoms with van der Waals surface area (Å²) in [7, 11) is 0. The van der Waals surface area contributed by atoms with E-state index in [0.717, 1.165) is 0 Å². The Morgan fingerprint density at radius 3 is 3.00 bits per heavy atom. The molecule has 0 saturated carbocycles. The number of aromatic amines is 1. The highest BCUT2D eigenvalue weighted by atomic mass is 35.5. The molecular weight excluding hydrogens is 188 g/mol. The SMILES string of the molecule is C=CC(C)NC(=O)c1cc(Cl)c[nH]1. The number of rotatable bonds is 3. The average molecular weight is 199 g/mol. The molecule has 0 radical (unpaired) electrons. The Hall–Kier alpha value is -1.22. The van der Waals surface area contributed by atoms with Gasteiger partial charge in [-0.1, -0.05) is 17.7 Å². The van der Waals surface area contributed by atoms with Crippen molar-refractivity contribution in [3.8, 4) is 0 Å². The summed E-state index contributed by atoms with van der Waals surface area (Å²) < 4.78 is 0. The number of nitrogens with one attached hydrogen (secondary N) is 2. The van der Waals surface area contributed by atoms with Gasteiger partial charge in [0.15, 0.2) is 0 Å². The van der Waals surface area contributed by atoms with Crippen molar-refractivity contribution in [3.63, 3.8) is 0 Å². The quantitative estimate of drug-likeness (QED) is 0.717. The van der Waals surface area contributed by atoms with Gasteiger partial charge in [-0.05, 0) is 13.0 Å². The molecule has 2 N–H and O–H groups in total. The third kappa shape index (κ3) is 2.63. The molecule has 0 bridgehead atoms. The molecule has 4 heteroatoms. The summed E-state index contributed by atoms with van der Waals surface area (Å²) in [5.74, 6) is -0.181. The van der Waals surface area contributed by atoms with Crippen LogP contribution >= 0.6 is 11.6 Å². The molecule has 0 aromatic carbocycles. The van der Waals surface area contributed by atoms with Gasteiger partial charge in [0.1, 0.15) is 5.69 Å². The molecule has 0 spiro atoms. The van der Waals surface area contributed by atoms with Crippen molar-refractivity contribution in [3.05, 3.63) is 35.6 Å². The smallest absolute Gasteiger partial charge is 0.268 e. The van der Waals surface area contributed by atoms with E-state index in [1.807, 2.05) is 6.92 Å². The van der Waals surface area contributed by atoms with Crippen molar-refractivity contribution >= 4 is 17.5 Å². The van der Waals surface area contributed by atoms with Crippen LogP contribution in [0.25, 0.3) is 0 Å². The van der Waals surface area contributed by atoms with E-state index in [0.29, 0.717) is 10.7 Å². The first kappa shape index (κ1) is 9.86. The second-order valence-electron chi connectivity index (χ2n) is 2.73. The maximum Gasteiger partial charge on any atom is 0.268 e. The molecule has 70 valence electrons. The van der Waals surface area contributed by atoms with Crippen LogP contribution in [0.15, 0.2) is 24.9 Å². The van der Waals surface area contributed by atoms with Gasteiger partial charge in [0, 0.05) is 12.2 Å². The molecule has 1 rings (SSSR count). The van der Waals surface area contributed by atoms with E-state index < -0.39 is 0 Å². The van der Waals surface area contributed by atoms with Gasteiger partial charge in [-0.2, -0.15) is 0 Å². The third-order valence-corrected chi connectivity index (χ3v) is 1.82. The second kappa shape index (κ2) is 4.14. The van der Waals surface area contributed by atoms with Crippen molar-refractivity contribution < 1.29 is 4.79 Å². The number of carbonyl (C=O) groups is 1. The highest BCUT2D eigenvalue weighted by Gasteiger charge is 2.08. The fourth-order valence-electron chi connectivity index (χ4n) is 0.842. The predicted molar refractivity (Wildman–Crippen MR) is 52.9 cm³/mol. The van der Waals surface area contributed by atoms with Crippen LogP contribution in [0.4, 0.5) is 0 Å². The van der Waals surface area contributed by atoms with Crippen LogP contribution in [0.1, 0.15) is 17.4 Å². The van der Waals surface area contributed by atoms with Crippen LogP contribution in [0.3, 0.4) is 0 Å². The number of halogens is 1. The lowest BCUT2D eigenvalue weighted by atomic mass is 10.3. The Bertz CT molecular complexity index is 319. The number of hydrogen-bond acceptors (Lipinski definition) is 1. The second-order valence-corrected chi connectivity index (χ2v) is 3.17. The van der Waals surface area contributed by atoms with E-state index >= 15 is 0 Å². The molecule has 0 fully saturated rings. The van der Waals surface area contributed by atoms with Crippen LogP contribution in [0, 0.1) is 0 Å². The lowest BCUT2D eigenvalue weighted by Crippen LogP contribution is -2.30. The van der Waals surface area contributed by atoms with Gasteiger partial charge in [0.25, 0.3) is 5.91 Å². The first-order valence-corrected chi connectivity index (χ1v) is 4.28. The lowest BCUT2D eigenvalue weighted by molar-refractivity contribution is 0.0942. The number of carbonyl (C=O) groups excluding carboxylic acids is 1. The molecule has 0 aliphatic carbocycles. The van der Waals surface area contributed by atoms with Gasteiger partial charge in [-0.15, -0.1) is 6.58 Å². The van der Waals surface area contributed by atoms with E-state index in [-0.39, 0.29) is 11.9 Å². The van der Waals surface area contributed by atoms with Gasteiger partial charge in [-0.3, -0.25) is 4.79 Å². The van der Waals surface area contributed by atoms with Crippen LogP contribution in [-0.4, -0.2) is 16.9 Å². The summed E-state index contributed by atoms with van der Waals surface area (Å²) in [5.41, 5.74) is 0.457. The van der Waals surface area contributed by atoms with Crippen LogP contribution in [-0.2, 0) is 0 Å². The van der Waals surface area contributed by atoms with E-state index in [9.17, 15) is 4.79 Å². The summed E-state index contributed by atoms with van der Waals surface area (Å²) in [6, 6.07) is 1.53. The molecule has 1 unspecified atom stereocenters. The maximum atomic E-state index is 11.4. The van der Waals surface area contributed by atoms with Gasteiger partial charge in [0.2, 0.25) is 0 Å². The molecule has 1 amide bonds. The normalized spacial score (nSPS) is 12.2. The van der Waals surface area contributed by atoms with Crippen LogP contribution in [0.5, 0.6) is 0 Å². The number of H-pyrrole nitrogens is 1. The predicted octanol–water partition coefficient (Wildman–Crippen LogP) is 1.97. The summed E-state index contributed by atoms with van der Waals surface area (Å²) in [6.45, 7) is 5.40. The molecule has 1 heterocycles. The number of hydrogen-bond donors (Lipinski definition) is 2. The highest BCUT2D eigenvalue weighted by Crippen LogP contribution is 2.09. The van der Waals surface area contributed by atoms with E-state index in [1.165, 1.54) is 0 Å². The summed E-state index contributed by atoms with van der Waals surface area (Å²) in [4.78, 5) is 14.1. The zero-order chi connectivity index (χ0) is 9.84. The van der Waals surface area contributed by atoms with E-state index in [2.05, 4.69) is 16.9 Å². The Morgan fingerprint density at radius 1 is 1.85 bits per heavy atom. The van der Waals surface area contributed by atoms with Crippen molar-refractivity contribution in [2.24, 2.45) is 0 Å². The summed E-state index contributed by atoms with van der Waals surface area (Å²) in [6.07, 6.45) is 3.22. The third-order valence-electron chi connectivity index (χ3n) is 1.60. The molecular formula is C9H11ClN2O.